The van der Waals surface area contributed by atoms with Gasteiger partial charge in [-0.2, -0.15) is 0 Å². The zero-order valence-corrected chi connectivity index (χ0v) is 21.3. The molecular weight excluding hydrogens is 481 g/mol. The summed E-state index contributed by atoms with van der Waals surface area (Å²) in [6, 6.07) is 10.4. The Bertz CT molecular complexity index is 1490. The van der Waals surface area contributed by atoms with Crippen molar-refractivity contribution in [2.45, 2.75) is 39.7 Å². The van der Waals surface area contributed by atoms with Gasteiger partial charge in [-0.3, -0.25) is 9.59 Å². The number of carbonyl (C=O) groups excluding carboxylic acids is 1. The number of rotatable bonds is 8. The summed E-state index contributed by atoms with van der Waals surface area (Å²) >= 11 is 6.40. The van der Waals surface area contributed by atoms with Crippen LogP contribution in [-0.4, -0.2) is 27.0 Å². The van der Waals surface area contributed by atoms with E-state index in [4.69, 9.17) is 16.3 Å². The van der Waals surface area contributed by atoms with Crippen LogP contribution in [0.4, 0.5) is 4.39 Å². The predicted octanol–water partition coefficient (Wildman–Crippen LogP) is 6.07. The van der Waals surface area contributed by atoms with Crippen LogP contribution in [-0.2, 0) is 0 Å². The Morgan fingerprint density at radius 2 is 1.92 bits per heavy atom. The Morgan fingerprint density at radius 3 is 2.58 bits per heavy atom. The molecule has 186 valence electrons. The molecule has 0 radical (unpaired) electrons. The second-order valence-corrected chi connectivity index (χ2v) is 9.16. The number of aryl methyl sites for hydroxylation is 2. The first kappa shape index (κ1) is 25.4. The van der Waals surface area contributed by atoms with Crippen molar-refractivity contribution in [1.82, 2.24) is 14.1 Å². The zero-order chi connectivity index (χ0) is 26.0. The number of pyridine rings is 1. The number of ketones is 1. The maximum absolute atomic E-state index is 14.1. The molecule has 4 aromatic rings. The Kier molecular flexibility index (Phi) is 7.40. The summed E-state index contributed by atoms with van der Waals surface area (Å²) < 4.78 is 22.9. The highest BCUT2D eigenvalue weighted by Gasteiger charge is 2.23. The van der Waals surface area contributed by atoms with Gasteiger partial charge in [0.25, 0.3) is 5.56 Å². The van der Waals surface area contributed by atoms with Crippen molar-refractivity contribution >= 4 is 17.4 Å². The summed E-state index contributed by atoms with van der Waals surface area (Å²) in [5, 5.41) is 0.241. The Labute approximate surface area is 213 Å². The van der Waals surface area contributed by atoms with Crippen molar-refractivity contribution in [1.29, 1.82) is 0 Å². The molecule has 0 N–H and O–H groups in total. The summed E-state index contributed by atoms with van der Waals surface area (Å²) in [4.78, 5) is 31.4. The van der Waals surface area contributed by atoms with Crippen LogP contribution in [0.2, 0.25) is 5.02 Å². The fourth-order valence-electron chi connectivity index (χ4n) is 4.39. The third-order valence-corrected chi connectivity index (χ3v) is 6.39. The largest absolute Gasteiger partial charge is 0.495 e. The van der Waals surface area contributed by atoms with Crippen molar-refractivity contribution < 1.29 is 13.9 Å². The van der Waals surface area contributed by atoms with Crippen LogP contribution in [0.3, 0.4) is 0 Å². The molecule has 2 aromatic heterocycles. The first-order valence-corrected chi connectivity index (χ1v) is 12.0. The molecule has 0 saturated carbocycles. The van der Waals surface area contributed by atoms with Crippen molar-refractivity contribution in [2.75, 3.05) is 7.11 Å². The van der Waals surface area contributed by atoms with Crippen molar-refractivity contribution in [3.8, 4) is 11.4 Å². The zero-order valence-electron chi connectivity index (χ0n) is 20.6. The maximum atomic E-state index is 14.1. The fraction of sp³-hybridized carbons (Fsp3) is 0.250. The van der Waals surface area contributed by atoms with Gasteiger partial charge < -0.3 is 13.9 Å². The minimum absolute atomic E-state index is 0.0639. The van der Waals surface area contributed by atoms with E-state index in [2.05, 4.69) is 4.98 Å². The van der Waals surface area contributed by atoms with Crippen LogP contribution in [0.15, 0.2) is 66.0 Å². The molecule has 2 aromatic carbocycles. The van der Waals surface area contributed by atoms with Crippen LogP contribution in [0.1, 0.15) is 58.5 Å². The molecule has 4 rings (SSSR count). The number of ether oxygens (including phenoxy) is 1. The molecule has 6 nitrogen and oxygen atoms in total. The SMILES string of the molecule is CCCC(c1cc(F)ccc1C)n1cc(Cl)cc(C(=O)c2ccc(-n3cnc(C)c3)c(OC)c2)c1=O. The van der Waals surface area contributed by atoms with E-state index in [0.717, 1.165) is 17.7 Å². The Morgan fingerprint density at radius 1 is 1.14 bits per heavy atom. The lowest BCUT2D eigenvalue weighted by Gasteiger charge is -2.23. The van der Waals surface area contributed by atoms with Gasteiger partial charge in [-0.15, -0.1) is 0 Å². The van der Waals surface area contributed by atoms with Crippen molar-refractivity contribution in [3.63, 3.8) is 0 Å². The van der Waals surface area contributed by atoms with Gasteiger partial charge in [0.1, 0.15) is 11.6 Å². The lowest BCUT2D eigenvalue weighted by Crippen LogP contribution is -2.30. The summed E-state index contributed by atoms with van der Waals surface area (Å²) in [5.74, 6) is -0.405. The molecule has 0 aliphatic carbocycles. The first-order chi connectivity index (χ1) is 17.2. The number of nitrogens with zero attached hydrogens (tertiary/aromatic N) is 3. The monoisotopic (exact) mass is 507 g/mol. The first-order valence-electron chi connectivity index (χ1n) is 11.6. The molecule has 2 heterocycles. The molecule has 1 atom stereocenters. The predicted molar refractivity (Wildman–Crippen MR) is 138 cm³/mol. The second-order valence-electron chi connectivity index (χ2n) is 8.73. The van der Waals surface area contributed by atoms with Gasteiger partial charge in [0, 0.05) is 18.0 Å². The minimum Gasteiger partial charge on any atom is -0.495 e. The molecule has 1 unspecified atom stereocenters. The Balaban J connectivity index is 1.80. The summed E-state index contributed by atoms with van der Waals surface area (Å²) in [5.41, 5.74) is 2.82. The molecule has 0 spiro atoms. The highest BCUT2D eigenvalue weighted by atomic mass is 35.5. The summed E-state index contributed by atoms with van der Waals surface area (Å²) in [6.07, 6.45) is 6.33. The molecule has 0 fully saturated rings. The van der Waals surface area contributed by atoms with Gasteiger partial charge in [-0.05, 0) is 67.8 Å². The number of halogens is 2. The number of aromatic nitrogens is 3. The van der Waals surface area contributed by atoms with Crippen molar-refractivity contribution in [2.24, 2.45) is 0 Å². The van der Waals surface area contributed by atoms with Gasteiger partial charge in [0.15, 0.2) is 5.78 Å². The van der Waals surface area contributed by atoms with E-state index in [-0.39, 0.29) is 22.0 Å². The standard InChI is InChI=1S/C28H27ClFN3O3/c1-5-6-24(22-13-21(30)9-7-17(22)2)33-15-20(29)12-23(28(33)35)27(34)19-8-10-25(26(11-19)36-4)32-14-18(3)31-16-32/h7-16,24H,5-6H2,1-4H3. The smallest absolute Gasteiger partial charge is 0.262 e. The number of hydrogen-bond donors (Lipinski definition) is 0. The van der Waals surface area contributed by atoms with Gasteiger partial charge >= 0.3 is 0 Å². The molecule has 36 heavy (non-hydrogen) atoms. The van der Waals surface area contributed by atoms with Crippen LogP contribution in [0, 0.1) is 19.7 Å². The number of imidazole rings is 1. The normalized spacial score (nSPS) is 11.9. The second kappa shape index (κ2) is 10.5. The lowest BCUT2D eigenvalue weighted by atomic mass is 9.96. The molecule has 0 amide bonds. The van der Waals surface area contributed by atoms with Gasteiger partial charge in [-0.1, -0.05) is 31.0 Å². The van der Waals surface area contributed by atoms with Crippen LogP contribution in [0.25, 0.3) is 5.69 Å². The van der Waals surface area contributed by atoms with E-state index in [1.165, 1.54) is 36.1 Å². The quantitative estimate of drug-likeness (QED) is 0.271. The molecule has 0 saturated heterocycles. The molecule has 0 bridgehead atoms. The Hall–Kier alpha value is -3.71. The van der Waals surface area contributed by atoms with E-state index >= 15 is 0 Å². The average Bonchev–Trinajstić information content (AvgIpc) is 3.30. The van der Waals surface area contributed by atoms with E-state index in [0.29, 0.717) is 23.4 Å². The molecular formula is C28H27ClFN3O3. The minimum atomic E-state index is -0.486. The van der Waals surface area contributed by atoms with Gasteiger partial charge in [-0.25, -0.2) is 9.37 Å². The maximum Gasteiger partial charge on any atom is 0.262 e. The number of hydrogen-bond acceptors (Lipinski definition) is 4. The number of carbonyl (C=O) groups is 1. The van der Waals surface area contributed by atoms with E-state index in [1.54, 1.807) is 35.2 Å². The fourth-order valence-corrected chi connectivity index (χ4v) is 4.60. The number of benzene rings is 2. The van der Waals surface area contributed by atoms with Crippen LogP contribution < -0.4 is 10.3 Å². The number of methoxy groups -OCH3 is 1. The molecule has 0 aliphatic heterocycles. The topological polar surface area (TPSA) is 66.1 Å². The third-order valence-electron chi connectivity index (χ3n) is 6.18. The highest BCUT2D eigenvalue weighted by molar-refractivity contribution is 6.31. The van der Waals surface area contributed by atoms with Crippen molar-refractivity contribution in [3.05, 3.63) is 110 Å². The highest BCUT2D eigenvalue weighted by Crippen LogP contribution is 2.29. The molecule has 0 aliphatic rings. The van der Waals surface area contributed by atoms with Gasteiger partial charge in [0.05, 0.1) is 41.4 Å². The third kappa shape index (κ3) is 4.97. The summed E-state index contributed by atoms with van der Waals surface area (Å²) in [6.45, 7) is 5.73. The average molecular weight is 508 g/mol. The van der Waals surface area contributed by atoms with Crippen LogP contribution >= 0.6 is 11.6 Å². The lowest BCUT2D eigenvalue weighted by molar-refractivity contribution is 0.103. The van der Waals surface area contributed by atoms with E-state index in [9.17, 15) is 14.0 Å². The van der Waals surface area contributed by atoms with Gasteiger partial charge in [0.2, 0.25) is 0 Å². The summed E-state index contributed by atoms with van der Waals surface area (Å²) in [7, 11) is 1.51. The van der Waals surface area contributed by atoms with Crippen LogP contribution in [0.5, 0.6) is 5.75 Å². The van der Waals surface area contributed by atoms with E-state index in [1.807, 2.05) is 27.0 Å². The molecule has 8 heteroatoms. The van der Waals surface area contributed by atoms with E-state index < -0.39 is 17.4 Å².